The Balaban J connectivity index is 1.57. The molecule has 0 bridgehead atoms. The van der Waals surface area contributed by atoms with Gasteiger partial charge in [0, 0.05) is 24.8 Å². The summed E-state index contributed by atoms with van der Waals surface area (Å²) >= 11 is 0. The van der Waals surface area contributed by atoms with Crippen LogP contribution in [0.5, 0.6) is 0 Å². The second kappa shape index (κ2) is 6.99. The molecule has 2 aliphatic rings. The first-order valence-corrected chi connectivity index (χ1v) is 11.8. The Hall–Kier alpha value is -3.05. The molecule has 3 aromatic rings. The quantitative estimate of drug-likeness (QED) is 0.640. The van der Waals surface area contributed by atoms with Gasteiger partial charge in [0.2, 0.25) is 16.0 Å². The summed E-state index contributed by atoms with van der Waals surface area (Å²) in [6.45, 7) is 2.11. The molecular formula is C20H24N8O2S. The van der Waals surface area contributed by atoms with Crippen LogP contribution < -0.4 is 15.5 Å². The van der Waals surface area contributed by atoms with Gasteiger partial charge in [0.1, 0.15) is 22.2 Å². The van der Waals surface area contributed by atoms with Crippen LogP contribution in [0.1, 0.15) is 39.0 Å². The summed E-state index contributed by atoms with van der Waals surface area (Å²) in [7, 11) is -1.84. The van der Waals surface area contributed by atoms with E-state index in [2.05, 4.69) is 32.8 Å². The molecule has 0 radical (unpaired) electrons. The van der Waals surface area contributed by atoms with Crippen LogP contribution in [0.25, 0.3) is 11.0 Å². The lowest BCUT2D eigenvalue weighted by molar-refractivity contribution is 0.282. The highest BCUT2D eigenvalue weighted by Gasteiger charge is 2.43. The van der Waals surface area contributed by atoms with E-state index in [0.717, 1.165) is 48.2 Å². The van der Waals surface area contributed by atoms with Crippen molar-refractivity contribution in [3.63, 3.8) is 0 Å². The zero-order chi connectivity index (χ0) is 21.8. The van der Waals surface area contributed by atoms with E-state index in [4.69, 9.17) is 15.2 Å². The van der Waals surface area contributed by atoms with Crippen LogP contribution in [0, 0.1) is 0 Å². The fraction of sp³-hybridized carbons (Fsp3) is 0.400. The Bertz CT molecular complexity index is 1290. The van der Waals surface area contributed by atoms with E-state index in [1.807, 2.05) is 12.1 Å². The number of aromatic nitrogens is 4. The molecule has 1 fully saturated rings. The van der Waals surface area contributed by atoms with E-state index < -0.39 is 10.0 Å². The smallest absolute Gasteiger partial charge is 0.239 e. The van der Waals surface area contributed by atoms with Crippen molar-refractivity contribution < 1.29 is 8.42 Å². The number of pyridine rings is 1. The fourth-order valence-electron chi connectivity index (χ4n) is 4.69. The summed E-state index contributed by atoms with van der Waals surface area (Å²) in [5, 5.41) is 15.8. The molecule has 4 heterocycles. The van der Waals surface area contributed by atoms with Gasteiger partial charge in [-0.2, -0.15) is 10.1 Å². The van der Waals surface area contributed by atoms with Crippen molar-refractivity contribution >= 4 is 44.4 Å². The van der Waals surface area contributed by atoms with Crippen molar-refractivity contribution in [3.05, 3.63) is 30.6 Å². The predicted octanol–water partition coefficient (Wildman–Crippen LogP) is 2.70. The Labute approximate surface area is 180 Å². The first kappa shape index (κ1) is 19.9. The van der Waals surface area contributed by atoms with Gasteiger partial charge in [-0.05, 0) is 38.0 Å². The van der Waals surface area contributed by atoms with E-state index in [0.29, 0.717) is 11.8 Å². The number of primary sulfonamides is 1. The number of hydrogen-bond donors (Lipinski definition) is 2. The molecule has 0 aromatic carbocycles. The van der Waals surface area contributed by atoms with E-state index in [-0.39, 0.29) is 10.4 Å². The van der Waals surface area contributed by atoms with Crippen LogP contribution in [0.4, 0.5) is 17.6 Å². The van der Waals surface area contributed by atoms with Crippen molar-refractivity contribution in [1.82, 2.24) is 19.5 Å². The lowest BCUT2D eigenvalue weighted by Gasteiger charge is -2.44. The summed E-state index contributed by atoms with van der Waals surface area (Å²) < 4.78 is 25.2. The topological polar surface area (TPSA) is 131 Å². The highest BCUT2D eigenvalue weighted by atomic mass is 32.2. The standard InChI is InChI=1S/C20H24N8O2S/c1-13-20(8-4-3-5-9-20)28-17(27(2)26-13)10-14-11-23-19(25-18(14)28)24-16-7-6-15(12-22-16)31(21,29)30/h6-7,10-12H,3-5,8-9H2,1-2H3,(H2,21,29,30)(H,22,23,24,25). The Morgan fingerprint density at radius 3 is 2.58 bits per heavy atom. The first-order chi connectivity index (χ1) is 14.8. The normalized spacial score (nSPS) is 18.2. The number of nitrogens with zero attached hydrogens (tertiary/aromatic N) is 6. The second-order valence-electron chi connectivity index (χ2n) is 8.16. The minimum absolute atomic E-state index is 0.0490. The summed E-state index contributed by atoms with van der Waals surface area (Å²) in [5.41, 5.74) is 1.78. The SMILES string of the molecule is CC1=NN(C)c2cc3cnc(Nc4ccc(S(N)(=O)=O)cn4)nc3n2C12CCCCC2. The van der Waals surface area contributed by atoms with Gasteiger partial charge in [-0.25, -0.2) is 23.5 Å². The molecule has 0 saturated heterocycles. The number of fused-ring (bicyclic) bond motifs is 4. The highest BCUT2D eigenvalue weighted by Crippen LogP contribution is 2.44. The van der Waals surface area contributed by atoms with Gasteiger partial charge in [-0.15, -0.1) is 0 Å². The van der Waals surface area contributed by atoms with Crippen molar-refractivity contribution in [2.75, 3.05) is 17.4 Å². The van der Waals surface area contributed by atoms with Crippen LogP contribution >= 0.6 is 0 Å². The number of nitrogens with two attached hydrogens (primary N) is 1. The summed E-state index contributed by atoms with van der Waals surface area (Å²) in [6, 6.07) is 5.01. The lowest BCUT2D eigenvalue weighted by Crippen LogP contribution is -2.47. The molecule has 0 amide bonds. The van der Waals surface area contributed by atoms with Gasteiger partial charge in [0.15, 0.2) is 0 Å². The lowest BCUT2D eigenvalue weighted by atomic mass is 9.78. The maximum atomic E-state index is 11.4. The molecule has 1 spiro atoms. The van der Waals surface area contributed by atoms with E-state index in [1.165, 1.54) is 24.8 Å². The average molecular weight is 441 g/mol. The van der Waals surface area contributed by atoms with Crippen LogP contribution in [-0.2, 0) is 15.6 Å². The molecule has 0 unspecified atom stereocenters. The molecule has 0 atom stereocenters. The van der Waals surface area contributed by atoms with Gasteiger partial charge >= 0.3 is 0 Å². The van der Waals surface area contributed by atoms with Crippen molar-refractivity contribution in [2.45, 2.75) is 49.5 Å². The van der Waals surface area contributed by atoms with Crippen LogP contribution in [0.2, 0.25) is 0 Å². The monoisotopic (exact) mass is 440 g/mol. The molecule has 162 valence electrons. The van der Waals surface area contributed by atoms with Gasteiger partial charge in [0.25, 0.3) is 0 Å². The fourth-order valence-corrected chi connectivity index (χ4v) is 5.14. The summed E-state index contributed by atoms with van der Waals surface area (Å²) in [6.07, 6.45) is 8.63. The average Bonchev–Trinajstić information content (AvgIpc) is 3.13. The van der Waals surface area contributed by atoms with E-state index >= 15 is 0 Å². The van der Waals surface area contributed by atoms with E-state index in [1.54, 1.807) is 6.20 Å². The summed E-state index contributed by atoms with van der Waals surface area (Å²) in [5.74, 6) is 1.82. The molecule has 1 aliphatic heterocycles. The van der Waals surface area contributed by atoms with Gasteiger partial charge in [-0.3, -0.25) is 9.58 Å². The minimum Gasteiger partial charge on any atom is -0.309 e. The molecular weight excluding hydrogens is 416 g/mol. The number of anilines is 3. The Morgan fingerprint density at radius 1 is 1.13 bits per heavy atom. The number of rotatable bonds is 3. The number of sulfonamides is 1. The minimum atomic E-state index is -3.79. The molecule has 3 aromatic heterocycles. The third-order valence-electron chi connectivity index (χ3n) is 6.24. The maximum Gasteiger partial charge on any atom is 0.239 e. The third-order valence-corrected chi connectivity index (χ3v) is 7.14. The third kappa shape index (κ3) is 3.24. The predicted molar refractivity (Wildman–Crippen MR) is 119 cm³/mol. The largest absolute Gasteiger partial charge is 0.309 e. The van der Waals surface area contributed by atoms with Gasteiger partial charge < -0.3 is 5.32 Å². The molecule has 5 rings (SSSR count). The van der Waals surface area contributed by atoms with Crippen molar-refractivity contribution in [3.8, 4) is 0 Å². The van der Waals surface area contributed by atoms with Crippen molar-refractivity contribution in [1.29, 1.82) is 0 Å². The first-order valence-electron chi connectivity index (χ1n) is 10.2. The van der Waals surface area contributed by atoms with E-state index in [9.17, 15) is 8.42 Å². The van der Waals surface area contributed by atoms with Crippen LogP contribution in [0.3, 0.4) is 0 Å². The zero-order valence-electron chi connectivity index (χ0n) is 17.4. The molecule has 31 heavy (non-hydrogen) atoms. The van der Waals surface area contributed by atoms with Gasteiger partial charge in [0.05, 0.1) is 11.3 Å². The maximum absolute atomic E-state index is 11.4. The van der Waals surface area contributed by atoms with Crippen LogP contribution in [-0.4, -0.2) is 40.7 Å². The molecule has 11 heteroatoms. The summed E-state index contributed by atoms with van der Waals surface area (Å²) in [4.78, 5) is 13.3. The molecule has 3 N–H and O–H groups in total. The Kier molecular flexibility index (Phi) is 4.48. The van der Waals surface area contributed by atoms with Crippen LogP contribution in [0.15, 0.2) is 40.6 Å². The highest BCUT2D eigenvalue weighted by molar-refractivity contribution is 7.89. The number of nitrogens with one attached hydrogen (secondary N) is 1. The van der Waals surface area contributed by atoms with Crippen molar-refractivity contribution in [2.24, 2.45) is 10.2 Å². The second-order valence-corrected chi connectivity index (χ2v) is 9.72. The molecule has 1 aliphatic carbocycles. The number of hydrazone groups is 1. The molecule has 10 nitrogen and oxygen atoms in total. The zero-order valence-corrected chi connectivity index (χ0v) is 18.2. The number of hydrogen-bond acceptors (Lipinski definition) is 8. The molecule has 1 saturated carbocycles. The Morgan fingerprint density at radius 2 is 1.90 bits per heavy atom. The van der Waals surface area contributed by atoms with Gasteiger partial charge in [-0.1, -0.05) is 19.3 Å².